The molecule has 0 aliphatic carbocycles. The molecular formula is C7H15FN2. The van der Waals surface area contributed by atoms with Crippen molar-refractivity contribution in [3.63, 3.8) is 0 Å². The number of halogens is 1. The Morgan fingerprint density at radius 1 is 1.50 bits per heavy atom. The van der Waals surface area contributed by atoms with Gasteiger partial charge in [-0.25, -0.2) is 4.39 Å². The van der Waals surface area contributed by atoms with Crippen LogP contribution in [-0.4, -0.2) is 30.8 Å². The lowest BCUT2D eigenvalue weighted by atomic mass is 10.1. The third kappa shape index (κ3) is 1.92. The third-order valence-corrected chi connectivity index (χ3v) is 1.95. The van der Waals surface area contributed by atoms with Gasteiger partial charge in [0.2, 0.25) is 0 Å². The van der Waals surface area contributed by atoms with Crippen LogP contribution in [0, 0.1) is 0 Å². The summed E-state index contributed by atoms with van der Waals surface area (Å²) in [5.74, 6) is 0. The van der Waals surface area contributed by atoms with Gasteiger partial charge in [0.25, 0.3) is 0 Å². The Kier molecular flexibility index (Phi) is 3.09. The molecule has 1 atom stereocenters. The number of hydrogen-bond donors (Lipinski definition) is 1. The van der Waals surface area contributed by atoms with Crippen LogP contribution in [0.25, 0.3) is 0 Å². The maximum atomic E-state index is 12.9. The number of likely N-dealkylation sites (tertiary alicyclic amines) is 1. The van der Waals surface area contributed by atoms with E-state index in [4.69, 9.17) is 5.73 Å². The van der Waals surface area contributed by atoms with Crippen LogP contribution in [-0.2, 0) is 0 Å². The monoisotopic (exact) mass is 146 g/mol. The molecule has 0 aromatic heterocycles. The molecular weight excluding hydrogens is 131 g/mol. The number of hydrogen-bond acceptors (Lipinski definition) is 2. The predicted octanol–water partition coefficient (Wildman–Crippen LogP) is 0.727. The molecule has 1 aliphatic rings. The molecule has 0 radical (unpaired) electrons. The molecule has 1 unspecified atom stereocenters. The molecule has 3 heteroatoms. The van der Waals surface area contributed by atoms with E-state index in [1.807, 2.05) is 4.90 Å². The van der Waals surface area contributed by atoms with Gasteiger partial charge in [-0.05, 0) is 19.3 Å². The van der Waals surface area contributed by atoms with Crippen LogP contribution >= 0.6 is 0 Å². The van der Waals surface area contributed by atoms with Crippen LogP contribution in [0.5, 0.6) is 0 Å². The molecule has 1 heterocycles. The molecule has 1 aliphatic heterocycles. The summed E-state index contributed by atoms with van der Waals surface area (Å²) in [6.45, 7) is 2.17. The lowest BCUT2D eigenvalue weighted by Gasteiger charge is -2.29. The zero-order valence-corrected chi connectivity index (χ0v) is 6.22. The molecule has 1 saturated heterocycles. The third-order valence-electron chi connectivity index (χ3n) is 1.95. The van der Waals surface area contributed by atoms with E-state index in [-0.39, 0.29) is 0 Å². The summed E-state index contributed by atoms with van der Waals surface area (Å²) < 4.78 is 12.9. The van der Waals surface area contributed by atoms with E-state index in [1.54, 1.807) is 0 Å². The number of piperidine rings is 1. The average molecular weight is 146 g/mol. The number of rotatable bonds is 2. The highest BCUT2D eigenvalue weighted by atomic mass is 19.1. The molecule has 0 bridgehead atoms. The normalized spacial score (nSPS) is 28.8. The van der Waals surface area contributed by atoms with Crippen LogP contribution in [0.1, 0.15) is 19.3 Å². The molecule has 0 spiro atoms. The van der Waals surface area contributed by atoms with E-state index in [0.29, 0.717) is 19.5 Å². The van der Waals surface area contributed by atoms with E-state index in [9.17, 15) is 4.39 Å². The maximum absolute atomic E-state index is 12.9. The fourth-order valence-corrected chi connectivity index (χ4v) is 1.37. The minimum atomic E-state index is -0.725. The van der Waals surface area contributed by atoms with E-state index >= 15 is 0 Å². The fourth-order valence-electron chi connectivity index (χ4n) is 1.37. The topological polar surface area (TPSA) is 29.3 Å². The van der Waals surface area contributed by atoms with Crippen LogP contribution in [0.3, 0.4) is 0 Å². The van der Waals surface area contributed by atoms with Crippen molar-refractivity contribution in [1.29, 1.82) is 0 Å². The van der Waals surface area contributed by atoms with E-state index in [2.05, 4.69) is 0 Å². The first-order chi connectivity index (χ1) is 4.84. The van der Waals surface area contributed by atoms with Crippen LogP contribution in [0.2, 0.25) is 0 Å². The van der Waals surface area contributed by atoms with Gasteiger partial charge >= 0.3 is 0 Å². The zero-order chi connectivity index (χ0) is 7.40. The van der Waals surface area contributed by atoms with Gasteiger partial charge in [0.1, 0.15) is 0 Å². The van der Waals surface area contributed by atoms with Crippen molar-refractivity contribution in [2.75, 3.05) is 19.6 Å². The molecule has 2 N–H and O–H groups in total. The summed E-state index contributed by atoms with van der Waals surface area (Å²) >= 11 is 0. The second-order valence-corrected chi connectivity index (χ2v) is 2.75. The Morgan fingerprint density at radius 2 is 2.30 bits per heavy atom. The summed E-state index contributed by atoms with van der Waals surface area (Å²) in [5.41, 5.74) is 5.31. The second-order valence-electron chi connectivity index (χ2n) is 2.75. The van der Waals surface area contributed by atoms with Crippen molar-refractivity contribution in [3.05, 3.63) is 0 Å². The second kappa shape index (κ2) is 3.88. The van der Waals surface area contributed by atoms with Gasteiger partial charge in [-0.1, -0.05) is 0 Å². The van der Waals surface area contributed by atoms with Gasteiger partial charge in [0.05, 0.1) is 0 Å². The first kappa shape index (κ1) is 7.95. The number of nitrogens with two attached hydrogens (primary N) is 1. The predicted molar refractivity (Wildman–Crippen MR) is 39.4 cm³/mol. The first-order valence-corrected chi connectivity index (χ1v) is 3.93. The van der Waals surface area contributed by atoms with Gasteiger partial charge in [-0.15, -0.1) is 0 Å². The highest BCUT2D eigenvalue weighted by molar-refractivity contribution is 4.68. The summed E-state index contributed by atoms with van der Waals surface area (Å²) in [6.07, 6.45) is 2.13. The average Bonchev–Trinajstić information content (AvgIpc) is 1.94. The molecule has 0 aromatic carbocycles. The van der Waals surface area contributed by atoms with Crippen molar-refractivity contribution in [3.8, 4) is 0 Å². The number of alkyl halides is 1. The molecule has 2 nitrogen and oxygen atoms in total. The summed E-state index contributed by atoms with van der Waals surface area (Å²) in [7, 11) is 0. The molecule has 0 amide bonds. The van der Waals surface area contributed by atoms with Gasteiger partial charge in [-0.3, -0.25) is 4.90 Å². The van der Waals surface area contributed by atoms with Crippen molar-refractivity contribution in [1.82, 2.24) is 4.90 Å². The standard InChI is InChI=1S/C7H15FN2/c8-7-3-1-2-5-10(7)6-4-9/h7H,1-6,9H2. The molecule has 1 rings (SSSR count). The summed E-state index contributed by atoms with van der Waals surface area (Å²) in [6, 6.07) is 0. The minimum absolute atomic E-state index is 0.570. The van der Waals surface area contributed by atoms with Crippen LogP contribution in [0.4, 0.5) is 4.39 Å². The lowest BCUT2D eigenvalue weighted by molar-refractivity contribution is 0.0496. The van der Waals surface area contributed by atoms with E-state index in [1.165, 1.54) is 0 Å². The lowest BCUT2D eigenvalue weighted by Crippen LogP contribution is -2.39. The van der Waals surface area contributed by atoms with Gasteiger partial charge in [0, 0.05) is 19.6 Å². The largest absolute Gasteiger partial charge is 0.329 e. The Morgan fingerprint density at radius 3 is 2.90 bits per heavy atom. The summed E-state index contributed by atoms with van der Waals surface area (Å²) in [5, 5.41) is 0. The number of nitrogens with zero attached hydrogens (tertiary/aromatic N) is 1. The quantitative estimate of drug-likeness (QED) is 0.582. The van der Waals surface area contributed by atoms with Crippen molar-refractivity contribution in [2.45, 2.75) is 25.6 Å². The van der Waals surface area contributed by atoms with Crippen LogP contribution in [0.15, 0.2) is 0 Å². The Balaban J connectivity index is 2.25. The maximum Gasteiger partial charge on any atom is 0.153 e. The van der Waals surface area contributed by atoms with Crippen molar-refractivity contribution < 1.29 is 4.39 Å². The summed E-state index contributed by atoms with van der Waals surface area (Å²) in [4.78, 5) is 1.82. The fraction of sp³-hybridized carbons (Fsp3) is 1.00. The Hall–Kier alpha value is -0.150. The smallest absolute Gasteiger partial charge is 0.153 e. The molecule has 0 aromatic rings. The van der Waals surface area contributed by atoms with E-state index < -0.39 is 6.30 Å². The zero-order valence-electron chi connectivity index (χ0n) is 6.22. The molecule has 1 fully saturated rings. The van der Waals surface area contributed by atoms with Crippen LogP contribution < -0.4 is 5.73 Å². The highest BCUT2D eigenvalue weighted by Gasteiger charge is 2.19. The van der Waals surface area contributed by atoms with Gasteiger partial charge < -0.3 is 5.73 Å². The molecule has 60 valence electrons. The highest BCUT2D eigenvalue weighted by Crippen LogP contribution is 2.16. The Bertz CT molecular complexity index is 95.6. The molecule has 10 heavy (non-hydrogen) atoms. The van der Waals surface area contributed by atoms with Gasteiger partial charge in [-0.2, -0.15) is 0 Å². The van der Waals surface area contributed by atoms with E-state index in [0.717, 1.165) is 19.4 Å². The SMILES string of the molecule is NCCN1CCCCC1F. The van der Waals surface area contributed by atoms with Crippen molar-refractivity contribution in [2.24, 2.45) is 5.73 Å². The van der Waals surface area contributed by atoms with Crippen molar-refractivity contribution >= 4 is 0 Å². The first-order valence-electron chi connectivity index (χ1n) is 3.93. The van der Waals surface area contributed by atoms with Gasteiger partial charge in [0.15, 0.2) is 6.30 Å². The molecule has 0 saturated carbocycles. The minimum Gasteiger partial charge on any atom is -0.329 e. The Labute approximate surface area is 61.2 Å².